The summed E-state index contributed by atoms with van der Waals surface area (Å²) in [4.78, 5) is 14.4. The number of carbonyl (C=O) groups is 1. The molecule has 0 aliphatic rings. The van der Waals surface area contributed by atoms with Crippen molar-refractivity contribution in [3.63, 3.8) is 0 Å². The molecule has 0 unspecified atom stereocenters. The smallest absolute Gasteiger partial charge is 0.313 e. The molecule has 0 aliphatic heterocycles. The minimum Gasteiger partial charge on any atom is -0.481 e. The van der Waals surface area contributed by atoms with E-state index in [2.05, 4.69) is 4.98 Å². The minimum atomic E-state index is -1.58. The molecule has 112 valence electrons. The summed E-state index contributed by atoms with van der Waals surface area (Å²) in [6.45, 7) is 1.49. The molecule has 4 nitrogen and oxygen atoms in total. The first kappa shape index (κ1) is 15.4. The molecular formula is C12H8F4N2O2S. The maximum Gasteiger partial charge on any atom is 0.313 e. The molecule has 0 bridgehead atoms. The summed E-state index contributed by atoms with van der Waals surface area (Å²) in [5.41, 5.74) is -0.660. The van der Waals surface area contributed by atoms with Gasteiger partial charge in [-0.15, -0.1) is 0 Å². The molecule has 1 heterocycles. The number of imidazole rings is 1. The standard InChI is InChI=1S/C12H8F4N2O2S/c1-5-3-18(12(17-5)21-4-8(19)20)11-9(15)6(13)2-7(14)10(11)16/h2-3H,4H2,1H3,(H,19,20). The quantitative estimate of drug-likeness (QED) is 0.535. The van der Waals surface area contributed by atoms with E-state index >= 15 is 0 Å². The normalized spacial score (nSPS) is 10.9. The van der Waals surface area contributed by atoms with E-state index in [1.807, 2.05) is 0 Å². The highest BCUT2D eigenvalue weighted by atomic mass is 32.2. The summed E-state index contributed by atoms with van der Waals surface area (Å²) >= 11 is 0.674. The maximum atomic E-state index is 13.8. The summed E-state index contributed by atoms with van der Waals surface area (Å²) in [6, 6.07) is 0.0992. The van der Waals surface area contributed by atoms with Crippen molar-refractivity contribution in [2.24, 2.45) is 0 Å². The van der Waals surface area contributed by atoms with Crippen molar-refractivity contribution < 1.29 is 27.5 Å². The first-order valence-electron chi connectivity index (χ1n) is 5.55. The van der Waals surface area contributed by atoms with E-state index in [0.29, 0.717) is 17.5 Å². The number of aliphatic carboxylic acids is 1. The number of rotatable bonds is 4. The summed E-state index contributed by atoms with van der Waals surface area (Å²) < 4.78 is 54.8. The SMILES string of the molecule is Cc1cn(-c2c(F)c(F)cc(F)c2F)c(SCC(=O)O)n1. The van der Waals surface area contributed by atoms with Gasteiger partial charge in [0.05, 0.1) is 11.4 Å². The highest BCUT2D eigenvalue weighted by molar-refractivity contribution is 7.99. The molecule has 0 amide bonds. The van der Waals surface area contributed by atoms with Gasteiger partial charge in [0.15, 0.2) is 28.4 Å². The topological polar surface area (TPSA) is 55.1 Å². The Labute approximate surface area is 120 Å². The van der Waals surface area contributed by atoms with Crippen LogP contribution in [0.1, 0.15) is 5.69 Å². The van der Waals surface area contributed by atoms with Crippen LogP contribution in [0.25, 0.3) is 5.69 Å². The van der Waals surface area contributed by atoms with Crippen LogP contribution in [0.3, 0.4) is 0 Å². The van der Waals surface area contributed by atoms with Gasteiger partial charge in [0.25, 0.3) is 0 Å². The zero-order valence-electron chi connectivity index (χ0n) is 10.5. The third-order valence-electron chi connectivity index (χ3n) is 2.45. The van der Waals surface area contributed by atoms with Crippen LogP contribution in [0.4, 0.5) is 17.6 Å². The summed E-state index contributed by atoms with van der Waals surface area (Å²) in [7, 11) is 0. The Balaban J connectivity index is 2.59. The average molecular weight is 320 g/mol. The second-order valence-corrected chi connectivity index (χ2v) is 4.98. The van der Waals surface area contributed by atoms with Gasteiger partial charge in [-0.2, -0.15) is 0 Å². The molecule has 2 aromatic rings. The lowest BCUT2D eigenvalue weighted by atomic mass is 10.2. The van der Waals surface area contributed by atoms with E-state index in [1.165, 1.54) is 6.92 Å². The van der Waals surface area contributed by atoms with Gasteiger partial charge in [0, 0.05) is 12.3 Å². The minimum absolute atomic E-state index is 0.0855. The molecule has 9 heteroatoms. The predicted octanol–water partition coefficient (Wildman–Crippen LogP) is 2.91. The lowest BCUT2D eigenvalue weighted by Gasteiger charge is -2.10. The van der Waals surface area contributed by atoms with Gasteiger partial charge in [0.1, 0.15) is 5.69 Å². The molecule has 0 saturated carbocycles. The summed E-state index contributed by atoms with van der Waals surface area (Å²) in [5, 5.41) is 8.53. The van der Waals surface area contributed by atoms with Gasteiger partial charge < -0.3 is 5.11 Å². The Morgan fingerprint density at radius 3 is 2.38 bits per heavy atom. The molecule has 1 aromatic carbocycles. The van der Waals surface area contributed by atoms with Crippen molar-refractivity contribution in [1.82, 2.24) is 9.55 Å². The van der Waals surface area contributed by atoms with Crippen molar-refractivity contribution in [2.75, 3.05) is 5.75 Å². The van der Waals surface area contributed by atoms with E-state index in [4.69, 9.17) is 5.11 Å². The number of nitrogens with zero attached hydrogens (tertiary/aromatic N) is 2. The zero-order valence-corrected chi connectivity index (χ0v) is 11.3. The zero-order chi connectivity index (χ0) is 15.7. The number of aryl methyl sites for hydroxylation is 1. The van der Waals surface area contributed by atoms with E-state index in [1.54, 1.807) is 0 Å². The first-order chi connectivity index (χ1) is 9.81. The lowest BCUT2D eigenvalue weighted by Crippen LogP contribution is -2.08. The van der Waals surface area contributed by atoms with Crippen LogP contribution < -0.4 is 0 Å². The Hall–Kier alpha value is -2.03. The summed E-state index contributed by atoms with van der Waals surface area (Å²) in [6.07, 6.45) is 1.16. The van der Waals surface area contributed by atoms with E-state index in [0.717, 1.165) is 10.8 Å². The fraction of sp³-hybridized carbons (Fsp3) is 0.167. The van der Waals surface area contributed by atoms with E-state index in [9.17, 15) is 22.4 Å². The van der Waals surface area contributed by atoms with Gasteiger partial charge in [0.2, 0.25) is 0 Å². The van der Waals surface area contributed by atoms with E-state index < -0.39 is 40.7 Å². The Morgan fingerprint density at radius 2 is 1.86 bits per heavy atom. The average Bonchev–Trinajstić information content (AvgIpc) is 2.75. The van der Waals surface area contributed by atoms with Crippen LogP contribution in [0.15, 0.2) is 17.4 Å². The molecule has 0 aliphatic carbocycles. The van der Waals surface area contributed by atoms with Crippen LogP contribution in [0, 0.1) is 30.2 Å². The molecule has 0 spiro atoms. The van der Waals surface area contributed by atoms with E-state index in [-0.39, 0.29) is 11.2 Å². The highest BCUT2D eigenvalue weighted by Gasteiger charge is 2.23. The molecular weight excluding hydrogens is 312 g/mol. The maximum absolute atomic E-state index is 13.8. The van der Waals surface area contributed by atoms with Crippen LogP contribution in [-0.4, -0.2) is 26.4 Å². The second-order valence-electron chi connectivity index (χ2n) is 4.03. The van der Waals surface area contributed by atoms with Gasteiger partial charge in [-0.25, -0.2) is 22.5 Å². The molecule has 0 radical (unpaired) electrons. The van der Waals surface area contributed by atoms with Gasteiger partial charge in [-0.1, -0.05) is 11.8 Å². The van der Waals surface area contributed by atoms with Crippen molar-refractivity contribution in [3.8, 4) is 5.69 Å². The van der Waals surface area contributed by atoms with Crippen LogP contribution in [0.5, 0.6) is 0 Å². The Kier molecular flexibility index (Phi) is 4.21. The number of hydrogen-bond acceptors (Lipinski definition) is 3. The number of benzene rings is 1. The molecule has 0 saturated heterocycles. The number of thioether (sulfide) groups is 1. The van der Waals surface area contributed by atoms with Gasteiger partial charge in [-0.3, -0.25) is 9.36 Å². The Bertz CT molecular complexity index is 692. The fourth-order valence-corrected chi connectivity index (χ4v) is 2.38. The lowest BCUT2D eigenvalue weighted by molar-refractivity contribution is -0.133. The monoisotopic (exact) mass is 320 g/mol. The number of halogens is 4. The third-order valence-corrected chi connectivity index (χ3v) is 3.39. The number of hydrogen-bond donors (Lipinski definition) is 1. The van der Waals surface area contributed by atoms with Gasteiger partial charge in [-0.05, 0) is 6.92 Å². The van der Waals surface area contributed by atoms with Crippen molar-refractivity contribution in [1.29, 1.82) is 0 Å². The molecule has 2 rings (SSSR count). The molecule has 0 fully saturated rings. The van der Waals surface area contributed by atoms with Crippen LogP contribution >= 0.6 is 11.8 Å². The van der Waals surface area contributed by atoms with Crippen molar-refractivity contribution in [2.45, 2.75) is 12.1 Å². The predicted molar refractivity (Wildman–Crippen MR) is 66.5 cm³/mol. The van der Waals surface area contributed by atoms with Crippen LogP contribution in [0.2, 0.25) is 0 Å². The summed E-state index contributed by atoms with van der Waals surface area (Å²) in [5.74, 6) is -7.85. The first-order valence-corrected chi connectivity index (χ1v) is 6.53. The fourth-order valence-electron chi connectivity index (χ4n) is 1.64. The molecule has 1 aromatic heterocycles. The highest BCUT2D eigenvalue weighted by Crippen LogP contribution is 2.28. The van der Waals surface area contributed by atoms with Crippen LogP contribution in [-0.2, 0) is 4.79 Å². The third kappa shape index (κ3) is 3.02. The van der Waals surface area contributed by atoms with Gasteiger partial charge >= 0.3 is 5.97 Å². The molecule has 0 atom stereocenters. The Morgan fingerprint density at radius 1 is 1.29 bits per heavy atom. The van der Waals surface area contributed by atoms with Crippen molar-refractivity contribution in [3.05, 3.63) is 41.2 Å². The number of carboxylic acid groups (broad SMARTS) is 1. The molecule has 21 heavy (non-hydrogen) atoms. The second kappa shape index (κ2) is 5.76. The molecule has 1 N–H and O–H groups in total. The largest absolute Gasteiger partial charge is 0.481 e. The van der Waals surface area contributed by atoms with Crippen molar-refractivity contribution >= 4 is 17.7 Å². The number of carboxylic acids is 1. The number of aromatic nitrogens is 2.